The van der Waals surface area contributed by atoms with Gasteiger partial charge in [-0.2, -0.15) is 0 Å². The topological polar surface area (TPSA) is 54.0 Å². The highest BCUT2D eigenvalue weighted by Crippen LogP contribution is 1.99. The third-order valence-electron chi connectivity index (χ3n) is 2.45. The van der Waals surface area contributed by atoms with Crippen LogP contribution in [0.25, 0.3) is 0 Å². The van der Waals surface area contributed by atoms with Crippen LogP contribution in [0.4, 0.5) is 0 Å². The highest BCUT2D eigenvalue weighted by Gasteiger charge is 2.18. The second-order valence-corrected chi connectivity index (χ2v) is 5.49. The smallest absolute Gasteiger partial charge is 0.237 e. The molecule has 0 aliphatic carbocycles. The minimum absolute atomic E-state index is 0.0310. The molecule has 18 heavy (non-hydrogen) atoms. The van der Waals surface area contributed by atoms with E-state index >= 15 is 0 Å². The molecule has 1 unspecified atom stereocenters. The summed E-state index contributed by atoms with van der Waals surface area (Å²) in [7, 11) is 0. The van der Waals surface area contributed by atoms with Crippen LogP contribution in [-0.2, 0) is 11.2 Å². The van der Waals surface area contributed by atoms with Crippen molar-refractivity contribution in [1.82, 2.24) is 15.6 Å². The average molecular weight is 249 g/mol. The maximum atomic E-state index is 11.8. The zero-order valence-electron chi connectivity index (χ0n) is 11.7. The minimum atomic E-state index is -0.187. The Hall–Kier alpha value is -1.42. The standard InChI is InChI=1S/C14H23N3O/c1-11(13(18)17-14(2,3)4)15-10-8-12-7-5-6-9-16-12/h5-7,9,11,15H,8,10H2,1-4H3,(H,17,18). The Morgan fingerprint density at radius 2 is 2.11 bits per heavy atom. The van der Waals surface area contributed by atoms with Gasteiger partial charge in [-0.25, -0.2) is 0 Å². The van der Waals surface area contributed by atoms with Crippen molar-refractivity contribution in [2.75, 3.05) is 6.54 Å². The van der Waals surface area contributed by atoms with Gasteiger partial charge in [0.1, 0.15) is 0 Å². The summed E-state index contributed by atoms with van der Waals surface area (Å²) in [5.74, 6) is 0.0310. The molecule has 1 atom stereocenters. The summed E-state index contributed by atoms with van der Waals surface area (Å²) in [6.07, 6.45) is 2.61. The zero-order chi connectivity index (χ0) is 13.6. The van der Waals surface area contributed by atoms with Crippen molar-refractivity contribution < 1.29 is 4.79 Å². The first-order chi connectivity index (χ1) is 8.38. The fourth-order valence-corrected chi connectivity index (χ4v) is 1.53. The van der Waals surface area contributed by atoms with Gasteiger partial charge in [0.15, 0.2) is 0 Å². The SMILES string of the molecule is CC(NCCc1ccccn1)C(=O)NC(C)(C)C. The van der Waals surface area contributed by atoms with Crippen LogP contribution in [0.15, 0.2) is 24.4 Å². The molecule has 0 aliphatic rings. The largest absolute Gasteiger partial charge is 0.350 e. The van der Waals surface area contributed by atoms with E-state index in [0.717, 1.165) is 18.7 Å². The first kappa shape index (κ1) is 14.6. The van der Waals surface area contributed by atoms with Crippen LogP contribution in [0.3, 0.4) is 0 Å². The molecule has 1 amide bonds. The summed E-state index contributed by atoms with van der Waals surface area (Å²) in [6.45, 7) is 8.55. The predicted molar refractivity (Wildman–Crippen MR) is 73.3 cm³/mol. The van der Waals surface area contributed by atoms with Gasteiger partial charge < -0.3 is 10.6 Å². The van der Waals surface area contributed by atoms with Gasteiger partial charge in [-0.05, 0) is 39.8 Å². The number of nitrogens with one attached hydrogen (secondary N) is 2. The van der Waals surface area contributed by atoms with Crippen LogP contribution in [-0.4, -0.2) is 29.0 Å². The number of carbonyl (C=O) groups excluding carboxylic acids is 1. The lowest BCUT2D eigenvalue weighted by atomic mass is 10.1. The van der Waals surface area contributed by atoms with Gasteiger partial charge in [-0.15, -0.1) is 0 Å². The van der Waals surface area contributed by atoms with Gasteiger partial charge in [-0.1, -0.05) is 6.07 Å². The van der Waals surface area contributed by atoms with Crippen LogP contribution in [0.5, 0.6) is 0 Å². The minimum Gasteiger partial charge on any atom is -0.350 e. The number of aromatic nitrogens is 1. The third-order valence-corrected chi connectivity index (χ3v) is 2.45. The van der Waals surface area contributed by atoms with Gasteiger partial charge in [0.25, 0.3) is 0 Å². The third kappa shape index (κ3) is 5.77. The van der Waals surface area contributed by atoms with E-state index in [0.29, 0.717) is 0 Å². The van der Waals surface area contributed by atoms with E-state index in [-0.39, 0.29) is 17.5 Å². The molecule has 4 heteroatoms. The summed E-state index contributed by atoms with van der Waals surface area (Å²) in [5.41, 5.74) is 0.849. The molecular weight excluding hydrogens is 226 g/mol. The van der Waals surface area contributed by atoms with Gasteiger partial charge in [0.05, 0.1) is 6.04 Å². The number of rotatable bonds is 5. The van der Waals surface area contributed by atoms with Gasteiger partial charge in [0, 0.05) is 30.4 Å². The molecule has 1 rings (SSSR count). The predicted octanol–water partition coefficient (Wildman–Crippen LogP) is 1.52. The van der Waals surface area contributed by atoms with E-state index < -0.39 is 0 Å². The summed E-state index contributed by atoms with van der Waals surface area (Å²) in [4.78, 5) is 16.1. The van der Waals surface area contributed by atoms with E-state index in [1.54, 1.807) is 6.20 Å². The fraction of sp³-hybridized carbons (Fsp3) is 0.571. The molecular formula is C14H23N3O. The van der Waals surface area contributed by atoms with E-state index in [9.17, 15) is 4.79 Å². The number of hydrogen-bond acceptors (Lipinski definition) is 3. The lowest BCUT2D eigenvalue weighted by Gasteiger charge is -2.23. The molecule has 0 fully saturated rings. The number of pyridine rings is 1. The molecule has 0 radical (unpaired) electrons. The van der Waals surface area contributed by atoms with Crippen LogP contribution in [0.1, 0.15) is 33.4 Å². The summed E-state index contributed by atoms with van der Waals surface area (Å²) in [6, 6.07) is 5.67. The molecule has 100 valence electrons. The molecule has 0 saturated carbocycles. The number of nitrogens with zero attached hydrogens (tertiary/aromatic N) is 1. The molecule has 0 aliphatic heterocycles. The molecule has 1 heterocycles. The normalized spacial score (nSPS) is 13.1. The monoisotopic (exact) mass is 249 g/mol. The summed E-state index contributed by atoms with van der Waals surface area (Å²) >= 11 is 0. The molecule has 0 spiro atoms. The maximum absolute atomic E-state index is 11.8. The Morgan fingerprint density at radius 3 is 2.67 bits per heavy atom. The Morgan fingerprint density at radius 1 is 1.39 bits per heavy atom. The lowest BCUT2D eigenvalue weighted by Crippen LogP contribution is -2.49. The Bertz CT molecular complexity index is 370. The van der Waals surface area contributed by atoms with Crippen molar-refractivity contribution in [1.29, 1.82) is 0 Å². The quantitative estimate of drug-likeness (QED) is 0.832. The molecule has 4 nitrogen and oxygen atoms in total. The molecule has 1 aromatic rings. The first-order valence-corrected chi connectivity index (χ1v) is 6.34. The van der Waals surface area contributed by atoms with E-state index in [4.69, 9.17) is 0 Å². The highest BCUT2D eigenvalue weighted by atomic mass is 16.2. The molecule has 0 saturated heterocycles. The number of carbonyl (C=O) groups is 1. The van der Waals surface area contributed by atoms with Crippen molar-refractivity contribution in [3.05, 3.63) is 30.1 Å². The molecule has 2 N–H and O–H groups in total. The van der Waals surface area contributed by atoms with Crippen LogP contribution < -0.4 is 10.6 Å². The average Bonchev–Trinajstić information content (AvgIpc) is 2.28. The summed E-state index contributed by atoms with van der Waals surface area (Å²) < 4.78 is 0. The van der Waals surface area contributed by atoms with Crippen molar-refractivity contribution in [2.24, 2.45) is 0 Å². The first-order valence-electron chi connectivity index (χ1n) is 6.34. The van der Waals surface area contributed by atoms with Crippen LogP contribution in [0.2, 0.25) is 0 Å². The van der Waals surface area contributed by atoms with Crippen molar-refractivity contribution in [2.45, 2.75) is 45.7 Å². The van der Waals surface area contributed by atoms with Crippen molar-refractivity contribution >= 4 is 5.91 Å². The fourth-order valence-electron chi connectivity index (χ4n) is 1.53. The molecule has 0 aromatic carbocycles. The van der Waals surface area contributed by atoms with Crippen molar-refractivity contribution in [3.8, 4) is 0 Å². The maximum Gasteiger partial charge on any atom is 0.237 e. The Labute approximate surface area is 109 Å². The Balaban J connectivity index is 2.29. The second-order valence-electron chi connectivity index (χ2n) is 5.49. The van der Waals surface area contributed by atoms with Gasteiger partial charge in [0.2, 0.25) is 5.91 Å². The highest BCUT2D eigenvalue weighted by molar-refractivity contribution is 5.81. The van der Waals surface area contributed by atoms with E-state index in [1.165, 1.54) is 0 Å². The van der Waals surface area contributed by atoms with Crippen LogP contribution >= 0.6 is 0 Å². The van der Waals surface area contributed by atoms with Gasteiger partial charge >= 0.3 is 0 Å². The Kier molecular flexibility index (Phi) is 5.28. The van der Waals surface area contributed by atoms with E-state index in [2.05, 4.69) is 15.6 Å². The van der Waals surface area contributed by atoms with Crippen LogP contribution in [0, 0.1) is 0 Å². The number of hydrogen-bond donors (Lipinski definition) is 2. The summed E-state index contributed by atoms with van der Waals surface area (Å²) in [5, 5.41) is 6.15. The van der Waals surface area contributed by atoms with E-state index in [1.807, 2.05) is 45.9 Å². The molecule has 0 bridgehead atoms. The van der Waals surface area contributed by atoms with Crippen molar-refractivity contribution in [3.63, 3.8) is 0 Å². The number of amides is 1. The van der Waals surface area contributed by atoms with Gasteiger partial charge in [-0.3, -0.25) is 9.78 Å². The second kappa shape index (κ2) is 6.50. The lowest BCUT2D eigenvalue weighted by molar-refractivity contribution is -0.124. The zero-order valence-corrected chi connectivity index (χ0v) is 11.7. The molecule has 1 aromatic heterocycles.